The summed E-state index contributed by atoms with van der Waals surface area (Å²) in [6, 6.07) is 12.3. The number of unbranched alkanes of at least 4 members (excludes halogenated alkanes) is 1. The molecule has 1 aliphatic rings. The zero-order chi connectivity index (χ0) is 21.0. The summed E-state index contributed by atoms with van der Waals surface area (Å²) in [5.41, 5.74) is 1.47. The number of amides is 2. The topological polar surface area (TPSA) is 44.7 Å². The maximum atomic E-state index is 14.4. The average molecular weight is 399 g/mol. The largest absolute Gasteiger partial charge is 0.338 e. The maximum Gasteiger partial charge on any atom is 0.338 e. The second-order valence-corrected chi connectivity index (χ2v) is 7.91. The first kappa shape index (κ1) is 21.0. The SMILES string of the molecule is CCCCC1=NN(C(=O)NC(C)(C)c2ccc(F)cc2)CC1c1ccccc1F. The van der Waals surface area contributed by atoms with Crippen LogP contribution in [0.2, 0.25) is 0 Å². The monoisotopic (exact) mass is 399 g/mol. The van der Waals surface area contributed by atoms with E-state index in [-0.39, 0.29) is 23.6 Å². The van der Waals surface area contributed by atoms with Crippen molar-refractivity contribution in [3.8, 4) is 0 Å². The summed E-state index contributed by atoms with van der Waals surface area (Å²) in [4.78, 5) is 12.9. The summed E-state index contributed by atoms with van der Waals surface area (Å²) in [7, 11) is 0. The normalized spacial score (nSPS) is 16.7. The molecule has 0 radical (unpaired) electrons. The Morgan fingerprint density at radius 1 is 1.17 bits per heavy atom. The third-order valence-electron chi connectivity index (χ3n) is 5.29. The molecule has 3 rings (SSSR count). The standard InChI is InChI=1S/C23H27F2N3O/c1-4-5-10-21-19(18-8-6-7-9-20(18)25)15-28(27-21)22(29)26-23(2,3)16-11-13-17(24)14-12-16/h6-9,11-14,19H,4-5,10,15H2,1-3H3,(H,26,29). The second kappa shape index (κ2) is 8.72. The highest BCUT2D eigenvalue weighted by Crippen LogP contribution is 2.30. The number of urea groups is 1. The third kappa shape index (κ3) is 4.81. The van der Waals surface area contributed by atoms with E-state index in [1.165, 1.54) is 23.2 Å². The van der Waals surface area contributed by atoms with Crippen LogP contribution in [-0.2, 0) is 5.54 Å². The average Bonchev–Trinajstić information content (AvgIpc) is 3.11. The highest BCUT2D eigenvalue weighted by molar-refractivity contribution is 5.94. The van der Waals surface area contributed by atoms with E-state index in [1.807, 2.05) is 13.8 Å². The van der Waals surface area contributed by atoms with Gasteiger partial charge in [-0.25, -0.2) is 18.6 Å². The number of benzene rings is 2. The predicted octanol–water partition coefficient (Wildman–Crippen LogP) is 5.56. The van der Waals surface area contributed by atoms with Crippen molar-refractivity contribution in [2.45, 2.75) is 51.5 Å². The Labute approximate surface area is 170 Å². The van der Waals surface area contributed by atoms with Crippen LogP contribution in [0.4, 0.5) is 13.6 Å². The highest BCUT2D eigenvalue weighted by Gasteiger charge is 2.34. The minimum atomic E-state index is -0.708. The molecule has 0 bridgehead atoms. The number of hydrogen-bond donors (Lipinski definition) is 1. The van der Waals surface area contributed by atoms with Gasteiger partial charge in [0.05, 0.1) is 12.1 Å². The summed E-state index contributed by atoms with van der Waals surface area (Å²) in [5.74, 6) is -0.855. The van der Waals surface area contributed by atoms with Crippen molar-refractivity contribution in [3.63, 3.8) is 0 Å². The lowest BCUT2D eigenvalue weighted by Crippen LogP contribution is -2.46. The molecule has 29 heavy (non-hydrogen) atoms. The number of nitrogens with one attached hydrogen (secondary N) is 1. The van der Waals surface area contributed by atoms with Gasteiger partial charge < -0.3 is 5.32 Å². The number of carbonyl (C=O) groups excluding carboxylic acids is 1. The number of hydrogen-bond acceptors (Lipinski definition) is 2. The predicted molar refractivity (Wildman–Crippen MR) is 111 cm³/mol. The fourth-order valence-electron chi connectivity index (χ4n) is 3.56. The third-order valence-corrected chi connectivity index (χ3v) is 5.29. The van der Waals surface area contributed by atoms with Crippen molar-refractivity contribution in [2.75, 3.05) is 6.54 Å². The second-order valence-electron chi connectivity index (χ2n) is 7.91. The molecular weight excluding hydrogens is 372 g/mol. The van der Waals surface area contributed by atoms with Crippen LogP contribution < -0.4 is 5.32 Å². The van der Waals surface area contributed by atoms with E-state index < -0.39 is 5.54 Å². The molecule has 2 aromatic rings. The summed E-state index contributed by atoms with van der Waals surface area (Å²) in [6.45, 7) is 6.09. The first-order valence-electron chi connectivity index (χ1n) is 9.99. The lowest BCUT2D eigenvalue weighted by Gasteiger charge is -2.28. The van der Waals surface area contributed by atoms with Gasteiger partial charge >= 0.3 is 6.03 Å². The molecule has 0 aliphatic carbocycles. The Balaban J connectivity index is 1.79. The molecule has 4 nitrogen and oxygen atoms in total. The van der Waals surface area contributed by atoms with Crippen molar-refractivity contribution in [3.05, 3.63) is 71.3 Å². The minimum Gasteiger partial charge on any atom is -0.328 e. The molecule has 0 aromatic heterocycles. The van der Waals surface area contributed by atoms with Crippen LogP contribution in [0.25, 0.3) is 0 Å². The van der Waals surface area contributed by atoms with Crippen molar-refractivity contribution >= 4 is 11.7 Å². The van der Waals surface area contributed by atoms with Crippen LogP contribution in [-0.4, -0.2) is 23.3 Å². The number of hydrazone groups is 1. The zero-order valence-corrected chi connectivity index (χ0v) is 17.1. The molecule has 154 valence electrons. The molecule has 2 amide bonds. The van der Waals surface area contributed by atoms with Crippen LogP contribution in [0.3, 0.4) is 0 Å². The van der Waals surface area contributed by atoms with Gasteiger partial charge in [0, 0.05) is 11.6 Å². The van der Waals surface area contributed by atoms with E-state index in [1.54, 1.807) is 30.3 Å². The van der Waals surface area contributed by atoms with Crippen LogP contribution in [0.5, 0.6) is 0 Å². The van der Waals surface area contributed by atoms with Crippen molar-refractivity contribution in [1.82, 2.24) is 10.3 Å². The van der Waals surface area contributed by atoms with E-state index >= 15 is 0 Å². The number of nitrogens with zero attached hydrogens (tertiary/aromatic N) is 2. The summed E-state index contributed by atoms with van der Waals surface area (Å²) in [6.07, 6.45) is 2.65. The summed E-state index contributed by atoms with van der Waals surface area (Å²) < 4.78 is 27.6. The molecule has 0 saturated carbocycles. The van der Waals surface area contributed by atoms with Gasteiger partial charge in [0.15, 0.2) is 0 Å². The van der Waals surface area contributed by atoms with E-state index in [2.05, 4.69) is 17.3 Å². The van der Waals surface area contributed by atoms with Gasteiger partial charge in [-0.05, 0) is 56.0 Å². The van der Waals surface area contributed by atoms with E-state index in [0.717, 1.165) is 30.5 Å². The van der Waals surface area contributed by atoms with E-state index in [4.69, 9.17) is 0 Å². The van der Waals surface area contributed by atoms with Gasteiger partial charge in [-0.3, -0.25) is 0 Å². The highest BCUT2D eigenvalue weighted by atomic mass is 19.1. The van der Waals surface area contributed by atoms with E-state index in [9.17, 15) is 13.6 Å². The first-order chi connectivity index (χ1) is 13.8. The summed E-state index contributed by atoms with van der Waals surface area (Å²) in [5, 5.41) is 8.87. The Hall–Kier alpha value is -2.76. The first-order valence-corrected chi connectivity index (χ1v) is 9.99. The van der Waals surface area contributed by atoms with Gasteiger partial charge in [-0.2, -0.15) is 5.10 Å². The van der Waals surface area contributed by atoms with Crippen LogP contribution in [0, 0.1) is 11.6 Å². The molecular formula is C23H27F2N3O. The minimum absolute atomic E-state index is 0.248. The molecule has 1 aliphatic heterocycles. The van der Waals surface area contributed by atoms with Gasteiger partial charge in [0.1, 0.15) is 11.6 Å². The van der Waals surface area contributed by atoms with Crippen LogP contribution in [0.1, 0.15) is 57.1 Å². The Kier molecular flexibility index (Phi) is 6.30. The Morgan fingerprint density at radius 3 is 2.52 bits per heavy atom. The smallest absolute Gasteiger partial charge is 0.328 e. The lowest BCUT2D eigenvalue weighted by molar-refractivity contribution is 0.192. The number of rotatable bonds is 6. The van der Waals surface area contributed by atoms with Crippen molar-refractivity contribution < 1.29 is 13.6 Å². The van der Waals surface area contributed by atoms with Gasteiger partial charge in [-0.15, -0.1) is 0 Å². The molecule has 6 heteroatoms. The van der Waals surface area contributed by atoms with Gasteiger partial charge in [-0.1, -0.05) is 43.7 Å². The number of halogens is 2. The molecule has 0 fully saturated rings. The molecule has 1 heterocycles. The molecule has 0 spiro atoms. The van der Waals surface area contributed by atoms with Crippen molar-refractivity contribution in [2.24, 2.45) is 5.10 Å². The fourth-order valence-corrected chi connectivity index (χ4v) is 3.56. The molecule has 1 atom stereocenters. The Morgan fingerprint density at radius 2 is 1.86 bits per heavy atom. The fraction of sp³-hybridized carbons (Fsp3) is 0.391. The molecule has 0 saturated heterocycles. The van der Waals surface area contributed by atoms with E-state index in [0.29, 0.717) is 12.1 Å². The van der Waals surface area contributed by atoms with Crippen molar-refractivity contribution in [1.29, 1.82) is 0 Å². The zero-order valence-electron chi connectivity index (χ0n) is 17.1. The number of carbonyl (C=O) groups is 1. The quantitative estimate of drug-likeness (QED) is 0.680. The van der Waals surface area contributed by atoms with Gasteiger partial charge in [0.2, 0.25) is 0 Å². The molecule has 2 aromatic carbocycles. The molecule has 1 N–H and O–H groups in total. The summed E-state index contributed by atoms with van der Waals surface area (Å²) >= 11 is 0. The van der Waals surface area contributed by atoms with Gasteiger partial charge in [0.25, 0.3) is 0 Å². The lowest BCUT2D eigenvalue weighted by atomic mass is 9.91. The molecule has 1 unspecified atom stereocenters. The van der Waals surface area contributed by atoms with Crippen LogP contribution >= 0.6 is 0 Å². The Bertz CT molecular complexity index is 893. The van der Waals surface area contributed by atoms with Crippen LogP contribution in [0.15, 0.2) is 53.6 Å². The maximum absolute atomic E-state index is 14.4.